The Bertz CT molecular complexity index is 1720. The van der Waals surface area contributed by atoms with Crippen LogP contribution in [-0.4, -0.2) is 21.5 Å². The number of nitrogens with two attached hydrogens (primary N) is 1. The summed E-state index contributed by atoms with van der Waals surface area (Å²) in [5.74, 6) is -0.0602. The molecule has 1 unspecified atom stereocenters. The normalized spacial score (nSPS) is 12.9. The lowest BCUT2D eigenvalue weighted by molar-refractivity contribution is -0.138. The highest BCUT2D eigenvalue weighted by molar-refractivity contribution is 7.91. The summed E-state index contributed by atoms with van der Waals surface area (Å²) in [5, 5.41) is 2.78. The smallest absolute Gasteiger partial charge is 0.416 e. The second-order valence-electron chi connectivity index (χ2n) is 10.2. The van der Waals surface area contributed by atoms with Crippen LogP contribution in [-0.2, 0) is 22.2 Å². The van der Waals surface area contributed by atoms with Gasteiger partial charge in [-0.3, -0.25) is 0 Å². The number of hydrogen-bond donors (Lipinski definition) is 2. The Balaban J connectivity index is 1.52. The van der Waals surface area contributed by atoms with Gasteiger partial charge in [-0.25, -0.2) is 8.42 Å². The van der Waals surface area contributed by atoms with Gasteiger partial charge in [-0.1, -0.05) is 13.8 Å². The molecule has 6 nitrogen and oxygen atoms in total. The molecule has 3 N–H and O–H groups in total. The lowest BCUT2D eigenvalue weighted by Gasteiger charge is -2.16. The summed E-state index contributed by atoms with van der Waals surface area (Å²) in [6, 6.07) is 16.9. The zero-order valence-electron chi connectivity index (χ0n) is 24.2. The van der Waals surface area contributed by atoms with E-state index in [2.05, 4.69) is 5.32 Å². The maximum atomic E-state index is 13.5. The molecule has 0 heterocycles. The van der Waals surface area contributed by atoms with Gasteiger partial charge in [0.25, 0.3) is 0 Å². The monoisotopic (exact) mass is 652 g/mol. The SMILES string of the molecule is CCC(C)c1cc(Oc2ccc(S(=O)(=O)c3ccc(Oc4cc(NCCN)cc(C(F)(F)F)c4)cc3)cc2)cc(C(F)(F)F)c1. The molecule has 0 aliphatic carbocycles. The van der Waals surface area contributed by atoms with Gasteiger partial charge in [0.2, 0.25) is 9.84 Å². The van der Waals surface area contributed by atoms with Crippen molar-refractivity contribution in [2.45, 2.75) is 48.3 Å². The fourth-order valence-electron chi connectivity index (χ4n) is 4.29. The van der Waals surface area contributed by atoms with E-state index in [4.69, 9.17) is 15.2 Å². The minimum Gasteiger partial charge on any atom is -0.457 e. The van der Waals surface area contributed by atoms with Gasteiger partial charge >= 0.3 is 12.4 Å². The number of rotatable bonds is 11. The van der Waals surface area contributed by atoms with E-state index >= 15 is 0 Å². The van der Waals surface area contributed by atoms with Crippen LogP contribution < -0.4 is 20.5 Å². The predicted molar refractivity (Wildman–Crippen MR) is 158 cm³/mol. The number of sulfone groups is 1. The van der Waals surface area contributed by atoms with Gasteiger partial charge in [0, 0.05) is 24.8 Å². The van der Waals surface area contributed by atoms with Crippen LogP contribution in [0.3, 0.4) is 0 Å². The van der Waals surface area contributed by atoms with Crippen molar-refractivity contribution in [1.82, 2.24) is 0 Å². The second kappa shape index (κ2) is 13.4. The molecule has 0 aliphatic heterocycles. The third-order valence-electron chi connectivity index (χ3n) is 6.88. The van der Waals surface area contributed by atoms with Gasteiger partial charge < -0.3 is 20.5 Å². The number of halogens is 6. The first-order valence-electron chi connectivity index (χ1n) is 13.8. The lowest BCUT2D eigenvalue weighted by atomic mass is 9.96. The summed E-state index contributed by atoms with van der Waals surface area (Å²) in [6.45, 7) is 4.11. The van der Waals surface area contributed by atoms with Gasteiger partial charge in [0.1, 0.15) is 23.0 Å². The van der Waals surface area contributed by atoms with Crippen molar-refractivity contribution >= 4 is 15.5 Å². The number of benzene rings is 4. The molecular weight excluding hydrogens is 622 g/mol. The summed E-state index contributed by atoms with van der Waals surface area (Å²) in [4.78, 5) is -0.227. The third kappa shape index (κ3) is 8.49. The molecule has 0 fully saturated rings. The molecule has 0 saturated carbocycles. The first-order chi connectivity index (χ1) is 21.1. The zero-order valence-corrected chi connectivity index (χ0v) is 25.0. The average Bonchev–Trinajstić information content (AvgIpc) is 2.99. The zero-order chi connectivity index (χ0) is 33.0. The quantitative estimate of drug-likeness (QED) is 0.157. The average molecular weight is 653 g/mol. The summed E-state index contributed by atoms with van der Waals surface area (Å²) in [6.07, 6.45) is -8.57. The first-order valence-corrected chi connectivity index (χ1v) is 15.3. The van der Waals surface area contributed by atoms with E-state index < -0.39 is 33.3 Å². The molecule has 4 aromatic carbocycles. The summed E-state index contributed by atoms with van der Waals surface area (Å²) in [7, 11) is -4.04. The Morgan fingerprint density at radius 2 is 1.18 bits per heavy atom. The largest absolute Gasteiger partial charge is 0.457 e. The molecule has 0 bridgehead atoms. The molecule has 13 heteroatoms. The number of anilines is 1. The number of nitrogens with one attached hydrogen (secondary N) is 1. The Kier molecular flexibility index (Phi) is 10.0. The van der Waals surface area contributed by atoms with E-state index in [0.717, 1.165) is 24.3 Å². The maximum Gasteiger partial charge on any atom is 0.416 e. The Morgan fingerprint density at radius 3 is 1.62 bits per heavy atom. The molecule has 0 saturated heterocycles. The van der Waals surface area contributed by atoms with Crippen LogP contribution in [0.2, 0.25) is 0 Å². The molecular formula is C32H30F6N2O4S. The van der Waals surface area contributed by atoms with Crippen LogP contribution in [0.1, 0.15) is 42.9 Å². The molecule has 0 amide bonds. The van der Waals surface area contributed by atoms with E-state index in [1.165, 1.54) is 60.7 Å². The maximum absolute atomic E-state index is 13.5. The van der Waals surface area contributed by atoms with Crippen molar-refractivity contribution in [3.8, 4) is 23.0 Å². The van der Waals surface area contributed by atoms with Crippen molar-refractivity contribution in [3.05, 3.63) is 102 Å². The lowest BCUT2D eigenvalue weighted by Crippen LogP contribution is -2.14. The Hall–Kier alpha value is -4.23. The molecule has 4 rings (SSSR count). The van der Waals surface area contributed by atoms with Crippen molar-refractivity contribution in [1.29, 1.82) is 0 Å². The van der Waals surface area contributed by atoms with Gasteiger partial charge in [-0.2, -0.15) is 26.3 Å². The first kappa shape index (κ1) is 33.7. The molecule has 240 valence electrons. The summed E-state index contributed by atoms with van der Waals surface area (Å²) >= 11 is 0. The molecule has 0 spiro atoms. The molecule has 45 heavy (non-hydrogen) atoms. The standard InChI is InChI=1S/C32H30F6N2O4S/c1-3-20(2)21-14-22(31(33,34)35)17-27(15-21)43-25-4-8-29(9-5-25)45(41,42)30-10-6-26(7-11-30)44-28-18-23(32(36,37)38)16-24(19-28)40-13-12-39/h4-11,14-20,40H,3,12-13,39H2,1-2H3. The molecule has 0 radical (unpaired) electrons. The van der Waals surface area contributed by atoms with Crippen LogP contribution in [0.4, 0.5) is 32.0 Å². The summed E-state index contributed by atoms with van der Waals surface area (Å²) < 4.78 is 118. The third-order valence-corrected chi connectivity index (χ3v) is 8.67. The van der Waals surface area contributed by atoms with Crippen molar-refractivity contribution in [2.24, 2.45) is 5.73 Å². The Labute approximate surface area is 256 Å². The van der Waals surface area contributed by atoms with Crippen LogP contribution >= 0.6 is 0 Å². The van der Waals surface area contributed by atoms with Gasteiger partial charge in [0.15, 0.2) is 0 Å². The van der Waals surface area contributed by atoms with Crippen molar-refractivity contribution in [3.63, 3.8) is 0 Å². The van der Waals surface area contributed by atoms with Crippen LogP contribution in [0.5, 0.6) is 23.0 Å². The predicted octanol–water partition coefficient (Wildman–Crippen LogP) is 9.03. The van der Waals surface area contributed by atoms with E-state index in [9.17, 15) is 34.8 Å². The number of ether oxygens (including phenoxy) is 2. The molecule has 4 aromatic rings. The second-order valence-corrected chi connectivity index (χ2v) is 12.2. The highest BCUT2D eigenvalue weighted by Gasteiger charge is 2.33. The van der Waals surface area contributed by atoms with E-state index in [-0.39, 0.29) is 57.5 Å². The minimum atomic E-state index is -4.62. The van der Waals surface area contributed by atoms with Crippen LogP contribution in [0.15, 0.2) is 94.7 Å². The molecule has 0 aliphatic rings. The van der Waals surface area contributed by atoms with E-state index in [1.54, 1.807) is 6.92 Å². The topological polar surface area (TPSA) is 90.7 Å². The molecule has 1 atom stereocenters. The van der Waals surface area contributed by atoms with Crippen LogP contribution in [0, 0.1) is 0 Å². The highest BCUT2D eigenvalue weighted by atomic mass is 32.2. The van der Waals surface area contributed by atoms with E-state index in [1.807, 2.05) is 6.92 Å². The highest BCUT2D eigenvalue weighted by Crippen LogP contribution is 2.38. The molecule has 0 aromatic heterocycles. The number of alkyl halides is 6. The van der Waals surface area contributed by atoms with Gasteiger partial charge in [-0.05, 0) is 96.8 Å². The fraction of sp³-hybridized carbons (Fsp3) is 0.250. The Morgan fingerprint density at radius 1 is 0.711 bits per heavy atom. The number of hydrogen-bond acceptors (Lipinski definition) is 6. The van der Waals surface area contributed by atoms with Crippen molar-refractivity contribution < 1.29 is 44.2 Å². The summed E-state index contributed by atoms with van der Waals surface area (Å²) in [5.41, 5.74) is 4.26. The van der Waals surface area contributed by atoms with Gasteiger partial charge in [0.05, 0.1) is 20.9 Å². The van der Waals surface area contributed by atoms with Crippen LogP contribution in [0.25, 0.3) is 0 Å². The minimum absolute atomic E-state index is 0.0330. The van der Waals surface area contributed by atoms with Gasteiger partial charge in [-0.15, -0.1) is 0 Å². The van der Waals surface area contributed by atoms with E-state index in [0.29, 0.717) is 12.0 Å². The van der Waals surface area contributed by atoms with Crippen molar-refractivity contribution in [2.75, 3.05) is 18.4 Å². The fourth-order valence-corrected chi connectivity index (χ4v) is 5.55.